The predicted octanol–water partition coefficient (Wildman–Crippen LogP) is 0.726. The lowest BCUT2D eigenvalue weighted by atomic mass is 10.2. The Morgan fingerprint density at radius 3 is 2.38 bits per heavy atom. The second-order valence-electron chi connectivity index (χ2n) is 5.17. The van der Waals surface area contributed by atoms with Crippen LogP contribution in [0.3, 0.4) is 0 Å². The SMILES string of the molecule is COc1cc(CN)ccc1S(=O)(=O)N(C)CCCN(C)C. The third kappa shape index (κ3) is 4.67. The summed E-state index contributed by atoms with van der Waals surface area (Å²) in [5, 5.41) is 0. The summed E-state index contributed by atoms with van der Waals surface area (Å²) >= 11 is 0. The Bertz CT molecular complexity index is 559. The van der Waals surface area contributed by atoms with Gasteiger partial charge in [0.2, 0.25) is 10.0 Å². The molecule has 6 nitrogen and oxygen atoms in total. The molecule has 0 unspecified atom stereocenters. The summed E-state index contributed by atoms with van der Waals surface area (Å²) in [6.45, 7) is 1.64. The molecule has 1 rings (SSSR count). The number of benzene rings is 1. The molecule has 120 valence electrons. The Hall–Kier alpha value is -1.15. The molecule has 2 N–H and O–H groups in total. The lowest BCUT2D eigenvalue weighted by Gasteiger charge is -2.20. The Balaban J connectivity index is 2.96. The second kappa shape index (κ2) is 7.74. The first-order chi connectivity index (χ1) is 9.82. The lowest BCUT2D eigenvalue weighted by molar-refractivity contribution is 0.367. The van der Waals surface area contributed by atoms with Crippen LogP contribution < -0.4 is 10.5 Å². The zero-order valence-electron chi connectivity index (χ0n) is 13.2. The van der Waals surface area contributed by atoms with Gasteiger partial charge in [-0.25, -0.2) is 12.7 Å². The monoisotopic (exact) mass is 315 g/mol. The molecule has 1 aromatic carbocycles. The smallest absolute Gasteiger partial charge is 0.246 e. The van der Waals surface area contributed by atoms with E-state index in [9.17, 15) is 8.42 Å². The van der Waals surface area contributed by atoms with Crippen molar-refractivity contribution in [3.8, 4) is 5.75 Å². The molecule has 0 bridgehead atoms. The molecular formula is C14H25N3O3S. The van der Waals surface area contributed by atoms with E-state index >= 15 is 0 Å². The number of hydrogen-bond donors (Lipinski definition) is 1. The van der Waals surface area contributed by atoms with E-state index in [2.05, 4.69) is 0 Å². The molecule has 0 fully saturated rings. The normalized spacial score (nSPS) is 12.1. The molecule has 1 aromatic rings. The number of rotatable bonds is 8. The summed E-state index contributed by atoms with van der Waals surface area (Å²) in [7, 11) is 3.41. The number of nitrogens with zero attached hydrogens (tertiary/aromatic N) is 2. The molecule has 0 aliphatic carbocycles. The number of nitrogens with two attached hydrogens (primary N) is 1. The van der Waals surface area contributed by atoms with Crippen LogP contribution in [-0.2, 0) is 16.6 Å². The van der Waals surface area contributed by atoms with Gasteiger partial charge in [0.25, 0.3) is 0 Å². The van der Waals surface area contributed by atoms with E-state index in [4.69, 9.17) is 10.5 Å². The van der Waals surface area contributed by atoms with Crippen LogP contribution in [0.15, 0.2) is 23.1 Å². The highest BCUT2D eigenvalue weighted by Gasteiger charge is 2.24. The van der Waals surface area contributed by atoms with Crippen LogP contribution in [0.1, 0.15) is 12.0 Å². The van der Waals surface area contributed by atoms with E-state index in [0.717, 1.165) is 18.5 Å². The molecule has 7 heteroatoms. The van der Waals surface area contributed by atoms with Crippen LogP contribution in [-0.4, -0.2) is 59.0 Å². The molecule has 0 radical (unpaired) electrons. The summed E-state index contributed by atoms with van der Waals surface area (Å²) in [5.41, 5.74) is 6.40. The van der Waals surface area contributed by atoms with Gasteiger partial charge in [0.15, 0.2) is 0 Å². The predicted molar refractivity (Wildman–Crippen MR) is 83.9 cm³/mol. The molecule has 0 aliphatic rings. The fraction of sp³-hybridized carbons (Fsp3) is 0.571. The Labute approximate surface area is 127 Å². The maximum atomic E-state index is 12.6. The molecule has 0 atom stereocenters. The summed E-state index contributed by atoms with van der Waals surface area (Å²) in [6.07, 6.45) is 0.770. The van der Waals surface area contributed by atoms with Crippen molar-refractivity contribution in [2.45, 2.75) is 17.9 Å². The van der Waals surface area contributed by atoms with Gasteiger partial charge in [0.05, 0.1) is 7.11 Å². The molecule has 0 saturated heterocycles. The highest BCUT2D eigenvalue weighted by Crippen LogP contribution is 2.27. The van der Waals surface area contributed by atoms with Crippen LogP contribution in [0, 0.1) is 0 Å². The van der Waals surface area contributed by atoms with E-state index in [1.165, 1.54) is 11.4 Å². The molecule has 0 aliphatic heterocycles. The van der Waals surface area contributed by atoms with Crippen LogP contribution in [0.4, 0.5) is 0 Å². The summed E-state index contributed by atoms with van der Waals surface area (Å²) in [6, 6.07) is 4.93. The van der Waals surface area contributed by atoms with Gasteiger partial charge in [0.1, 0.15) is 10.6 Å². The molecular weight excluding hydrogens is 290 g/mol. The van der Waals surface area contributed by atoms with Crippen molar-refractivity contribution in [1.82, 2.24) is 9.21 Å². The number of ether oxygens (including phenoxy) is 1. The lowest BCUT2D eigenvalue weighted by Crippen LogP contribution is -2.30. The minimum atomic E-state index is -3.56. The quantitative estimate of drug-likeness (QED) is 0.765. The van der Waals surface area contributed by atoms with Crippen LogP contribution in [0.25, 0.3) is 0 Å². The highest BCUT2D eigenvalue weighted by molar-refractivity contribution is 7.89. The van der Waals surface area contributed by atoms with Crippen molar-refractivity contribution < 1.29 is 13.2 Å². The van der Waals surface area contributed by atoms with Gasteiger partial charge in [-0.1, -0.05) is 6.07 Å². The van der Waals surface area contributed by atoms with E-state index in [1.807, 2.05) is 19.0 Å². The van der Waals surface area contributed by atoms with Gasteiger partial charge in [-0.05, 0) is 44.8 Å². The van der Waals surface area contributed by atoms with E-state index in [1.54, 1.807) is 25.2 Å². The fourth-order valence-electron chi connectivity index (χ4n) is 1.95. The van der Waals surface area contributed by atoms with Crippen LogP contribution >= 0.6 is 0 Å². The molecule has 0 amide bonds. The Morgan fingerprint density at radius 1 is 1.19 bits per heavy atom. The van der Waals surface area contributed by atoms with Crippen molar-refractivity contribution in [2.75, 3.05) is 41.3 Å². The summed E-state index contributed by atoms with van der Waals surface area (Å²) < 4.78 is 31.7. The maximum absolute atomic E-state index is 12.6. The van der Waals surface area contributed by atoms with E-state index in [0.29, 0.717) is 18.8 Å². The van der Waals surface area contributed by atoms with Crippen molar-refractivity contribution >= 4 is 10.0 Å². The van der Waals surface area contributed by atoms with Gasteiger partial charge < -0.3 is 15.4 Å². The van der Waals surface area contributed by atoms with Gasteiger partial charge in [-0.3, -0.25) is 0 Å². The van der Waals surface area contributed by atoms with E-state index in [-0.39, 0.29) is 4.90 Å². The third-order valence-electron chi connectivity index (χ3n) is 3.23. The van der Waals surface area contributed by atoms with E-state index < -0.39 is 10.0 Å². The first-order valence-electron chi connectivity index (χ1n) is 6.81. The number of methoxy groups -OCH3 is 1. The summed E-state index contributed by atoms with van der Waals surface area (Å²) in [4.78, 5) is 2.20. The Morgan fingerprint density at radius 2 is 1.86 bits per heavy atom. The van der Waals surface area contributed by atoms with Crippen LogP contribution in [0.5, 0.6) is 5.75 Å². The average molecular weight is 315 g/mol. The first-order valence-corrected chi connectivity index (χ1v) is 8.25. The zero-order chi connectivity index (χ0) is 16.0. The third-order valence-corrected chi connectivity index (χ3v) is 5.13. The highest BCUT2D eigenvalue weighted by atomic mass is 32.2. The molecule has 0 saturated carbocycles. The van der Waals surface area contributed by atoms with Gasteiger partial charge >= 0.3 is 0 Å². The fourth-order valence-corrected chi connectivity index (χ4v) is 3.29. The number of hydrogen-bond acceptors (Lipinski definition) is 5. The molecule has 21 heavy (non-hydrogen) atoms. The molecule has 0 aromatic heterocycles. The van der Waals surface area contributed by atoms with Gasteiger partial charge in [0, 0.05) is 20.1 Å². The minimum absolute atomic E-state index is 0.176. The second-order valence-corrected chi connectivity index (χ2v) is 7.19. The van der Waals surface area contributed by atoms with Gasteiger partial charge in [-0.2, -0.15) is 0 Å². The largest absolute Gasteiger partial charge is 0.495 e. The van der Waals surface area contributed by atoms with Crippen molar-refractivity contribution in [3.05, 3.63) is 23.8 Å². The maximum Gasteiger partial charge on any atom is 0.246 e. The van der Waals surface area contributed by atoms with Crippen LogP contribution in [0.2, 0.25) is 0 Å². The summed E-state index contributed by atoms with van der Waals surface area (Å²) in [5.74, 6) is 0.331. The minimum Gasteiger partial charge on any atom is -0.495 e. The average Bonchev–Trinajstić information content (AvgIpc) is 2.45. The standard InChI is InChI=1S/C14H25N3O3S/c1-16(2)8-5-9-17(3)21(18,19)14-7-6-12(11-15)10-13(14)20-4/h6-7,10H,5,8-9,11,15H2,1-4H3. The molecule has 0 heterocycles. The van der Waals surface area contributed by atoms with Crippen molar-refractivity contribution in [2.24, 2.45) is 5.73 Å². The zero-order valence-corrected chi connectivity index (χ0v) is 14.0. The van der Waals surface area contributed by atoms with Crippen molar-refractivity contribution in [1.29, 1.82) is 0 Å². The molecule has 0 spiro atoms. The topological polar surface area (TPSA) is 75.9 Å². The van der Waals surface area contributed by atoms with Gasteiger partial charge in [-0.15, -0.1) is 0 Å². The Kier molecular flexibility index (Phi) is 6.60. The van der Waals surface area contributed by atoms with Crippen molar-refractivity contribution in [3.63, 3.8) is 0 Å². The number of sulfonamides is 1. The first kappa shape index (κ1) is 17.9.